The van der Waals surface area contributed by atoms with E-state index < -0.39 is 5.97 Å². The second kappa shape index (κ2) is 9.15. The number of aromatic carboxylic acids is 1. The van der Waals surface area contributed by atoms with Gasteiger partial charge in [0.25, 0.3) is 0 Å². The van der Waals surface area contributed by atoms with Crippen molar-refractivity contribution in [2.45, 2.75) is 6.61 Å². The zero-order valence-electron chi connectivity index (χ0n) is 16.5. The number of hydrogen-bond donors (Lipinski definition) is 2. The molecule has 32 heavy (non-hydrogen) atoms. The van der Waals surface area contributed by atoms with E-state index in [0.29, 0.717) is 22.7 Å². The molecule has 0 saturated carbocycles. The number of nitrogens with zero attached hydrogens (tertiary/aromatic N) is 2. The number of H-pyrrole nitrogens is 1. The highest BCUT2D eigenvalue weighted by atomic mass is 35.5. The zero-order chi connectivity index (χ0) is 22.7. The molecule has 3 aromatic carbocycles. The van der Waals surface area contributed by atoms with E-state index in [1.165, 1.54) is 12.1 Å². The molecule has 0 aliphatic rings. The number of carboxylic acids is 1. The molecule has 2 N–H and O–H groups in total. The van der Waals surface area contributed by atoms with Gasteiger partial charge < -0.3 is 14.8 Å². The van der Waals surface area contributed by atoms with Gasteiger partial charge in [0.2, 0.25) is 0 Å². The normalized spacial score (nSPS) is 11.3. The number of allylic oxidation sites excluding steroid dienone is 1. The maximum atomic E-state index is 11.0. The van der Waals surface area contributed by atoms with Crippen molar-refractivity contribution in [2.24, 2.45) is 0 Å². The first-order valence-electron chi connectivity index (χ1n) is 9.45. The van der Waals surface area contributed by atoms with Crippen LogP contribution < -0.4 is 4.74 Å². The van der Waals surface area contributed by atoms with Crippen LogP contribution in [0.1, 0.15) is 27.3 Å². The van der Waals surface area contributed by atoms with Crippen LogP contribution in [0.25, 0.3) is 22.7 Å². The van der Waals surface area contributed by atoms with E-state index >= 15 is 0 Å². The Morgan fingerprint density at radius 2 is 1.81 bits per heavy atom. The van der Waals surface area contributed by atoms with Crippen molar-refractivity contribution < 1.29 is 14.6 Å². The van der Waals surface area contributed by atoms with Crippen LogP contribution in [0.15, 0.2) is 60.7 Å². The van der Waals surface area contributed by atoms with E-state index in [2.05, 4.69) is 16.0 Å². The number of rotatable bonds is 6. The average molecular weight is 464 g/mol. The molecule has 0 fully saturated rings. The van der Waals surface area contributed by atoms with Gasteiger partial charge in [0.05, 0.1) is 32.2 Å². The van der Waals surface area contributed by atoms with Crippen LogP contribution in [0.5, 0.6) is 5.75 Å². The molecule has 6 nitrogen and oxygen atoms in total. The Morgan fingerprint density at radius 1 is 1.12 bits per heavy atom. The molecule has 0 atom stereocenters. The summed E-state index contributed by atoms with van der Waals surface area (Å²) < 4.78 is 5.75. The van der Waals surface area contributed by atoms with E-state index in [1.807, 2.05) is 24.3 Å². The summed E-state index contributed by atoms with van der Waals surface area (Å²) in [5, 5.41) is 19.2. The highest BCUT2D eigenvalue weighted by molar-refractivity contribution is 6.37. The molecule has 1 heterocycles. The number of halogens is 2. The quantitative estimate of drug-likeness (QED) is 0.331. The molecule has 4 aromatic rings. The lowest BCUT2D eigenvalue weighted by atomic mass is 10.1. The molecule has 158 valence electrons. The highest BCUT2D eigenvalue weighted by Crippen LogP contribution is 2.36. The summed E-state index contributed by atoms with van der Waals surface area (Å²) in [5.74, 6) is -0.243. The highest BCUT2D eigenvalue weighted by Gasteiger charge is 2.12. The van der Waals surface area contributed by atoms with Crippen molar-refractivity contribution in [1.82, 2.24) is 9.97 Å². The zero-order valence-corrected chi connectivity index (χ0v) is 18.0. The molecule has 0 aliphatic heterocycles. The van der Waals surface area contributed by atoms with E-state index in [0.717, 1.165) is 16.6 Å². The van der Waals surface area contributed by atoms with E-state index in [4.69, 9.17) is 33.0 Å². The minimum atomic E-state index is -0.994. The molecule has 0 aliphatic carbocycles. The van der Waals surface area contributed by atoms with Crippen LogP contribution in [0.2, 0.25) is 10.0 Å². The number of imidazole rings is 1. The largest absolute Gasteiger partial charge is 0.486 e. The number of aromatic nitrogens is 2. The van der Waals surface area contributed by atoms with Gasteiger partial charge in [-0.15, -0.1) is 0 Å². The minimum absolute atomic E-state index is 0.164. The van der Waals surface area contributed by atoms with Crippen LogP contribution >= 0.6 is 23.2 Å². The molecule has 0 bridgehead atoms. The molecule has 0 amide bonds. The van der Waals surface area contributed by atoms with Crippen LogP contribution in [0.3, 0.4) is 0 Å². The van der Waals surface area contributed by atoms with Gasteiger partial charge in [0.15, 0.2) is 5.75 Å². The van der Waals surface area contributed by atoms with Gasteiger partial charge in [-0.05, 0) is 53.6 Å². The second-order valence-corrected chi connectivity index (χ2v) is 7.69. The van der Waals surface area contributed by atoms with Gasteiger partial charge in [0.1, 0.15) is 18.5 Å². The van der Waals surface area contributed by atoms with Crippen LogP contribution in [-0.4, -0.2) is 21.0 Å². The maximum Gasteiger partial charge on any atom is 0.335 e. The summed E-state index contributed by atoms with van der Waals surface area (Å²) in [6, 6.07) is 19.3. The Labute approximate surface area is 193 Å². The number of carbonyl (C=O) groups is 1. The van der Waals surface area contributed by atoms with Crippen LogP contribution in [0.4, 0.5) is 0 Å². The summed E-state index contributed by atoms with van der Waals surface area (Å²) in [4.78, 5) is 18.5. The lowest BCUT2D eigenvalue weighted by Gasteiger charge is -2.11. The summed E-state index contributed by atoms with van der Waals surface area (Å²) in [6.45, 7) is 0.164. The predicted molar refractivity (Wildman–Crippen MR) is 124 cm³/mol. The molecular formula is C24H15Cl2N3O3. The lowest BCUT2D eigenvalue weighted by molar-refractivity contribution is 0.0697. The molecule has 0 saturated heterocycles. The third-order valence-corrected chi connectivity index (χ3v) is 5.24. The lowest BCUT2D eigenvalue weighted by Crippen LogP contribution is -1.99. The third-order valence-electron chi connectivity index (χ3n) is 4.68. The summed E-state index contributed by atoms with van der Waals surface area (Å²) >= 11 is 12.8. The number of hydrogen-bond acceptors (Lipinski definition) is 4. The Morgan fingerprint density at radius 3 is 2.44 bits per heavy atom. The number of nitrogens with one attached hydrogen (secondary N) is 1. The monoisotopic (exact) mass is 463 g/mol. The van der Waals surface area contributed by atoms with Crippen molar-refractivity contribution in [1.29, 1.82) is 5.26 Å². The summed E-state index contributed by atoms with van der Waals surface area (Å²) in [6.07, 6.45) is 1.64. The number of nitriles is 1. The third kappa shape index (κ3) is 4.59. The first kappa shape index (κ1) is 21.4. The molecule has 4 rings (SSSR count). The maximum absolute atomic E-state index is 11.0. The minimum Gasteiger partial charge on any atom is -0.486 e. The number of fused-ring (bicyclic) bond motifs is 1. The molecule has 0 unspecified atom stereocenters. The number of carboxylic acid groups (broad SMARTS) is 1. The number of ether oxygens (including phenoxy) is 1. The van der Waals surface area contributed by atoms with Crippen molar-refractivity contribution in [2.75, 3.05) is 0 Å². The van der Waals surface area contributed by atoms with Gasteiger partial charge in [0, 0.05) is 0 Å². The predicted octanol–water partition coefficient (Wildman–Crippen LogP) is 6.21. The molecule has 0 radical (unpaired) electrons. The fourth-order valence-electron chi connectivity index (χ4n) is 3.10. The molecule has 1 aromatic heterocycles. The van der Waals surface area contributed by atoms with Crippen molar-refractivity contribution in [3.05, 3.63) is 93.2 Å². The van der Waals surface area contributed by atoms with Gasteiger partial charge in [-0.25, -0.2) is 9.78 Å². The number of benzene rings is 3. The fraction of sp³-hybridized carbons (Fsp3) is 0.0417. The van der Waals surface area contributed by atoms with Crippen molar-refractivity contribution in [3.8, 4) is 11.8 Å². The molecular weight excluding hydrogens is 449 g/mol. The Kier molecular flexibility index (Phi) is 6.13. The van der Waals surface area contributed by atoms with Crippen LogP contribution in [0, 0.1) is 11.3 Å². The van der Waals surface area contributed by atoms with Gasteiger partial charge in [-0.1, -0.05) is 47.5 Å². The van der Waals surface area contributed by atoms with E-state index in [-0.39, 0.29) is 22.2 Å². The fourth-order valence-corrected chi connectivity index (χ4v) is 3.71. The summed E-state index contributed by atoms with van der Waals surface area (Å²) in [5.41, 5.74) is 3.51. The first-order chi connectivity index (χ1) is 15.4. The van der Waals surface area contributed by atoms with E-state index in [1.54, 1.807) is 30.3 Å². The Hall–Kier alpha value is -3.79. The Balaban J connectivity index is 1.56. The van der Waals surface area contributed by atoms with Gasteiger partial charge >= 0.3 is 5.97 Å². The van der Waals surface area contributed by atoms with Gasteiger partial charge in [-0.2, -0.15) is 5.26 Å². The van der Waals surface area contributed by atoms with Crippen molar-refractivity contribution >= 4 is 51.9 Å². The smallest absolute Gasteiger partial charge is 0.335 e. The summed E-state index contributed by atoms with van der Waals surface area (Å²) in [7, 11) is 0. The standard InChI is InChI=1S/C24H15Cl2N3O3/c25-18-10-15(9-17(12-27)23-28-20-3-1-2-4-21(20)29-23)11-19(26)22(18)32-13-14-5-7-16(8-6-14)24(30)31/h1-11H,13H2,(H,28,29)(H,30,31)/b17-9+. The number of aromatic amines is 1. The topological polar surface area (TPSA) is 99.0 Å². The molecule has 0 spiro atoms. The van der Waals surface area contributed by atoms with Gasteiger partial charge in [-0.3, -0.25) is 0 Å². The number of para-hydroxylation sites is 2. The first-order valence-corrected chi connectivity index (χ1v) is 10.2. The van der Waals surface area contributed by atoms with Crippen molar-refractivity contribution in [3.63, 3.8) is 0 Å². The van der Waals surface area contributed by atoms with Crippen LogP contribution in [-0.2, 0) is 6.61 Å². The SMILES string of the molecule is N#C/C(=C\c1cc(Cl)c(OCc2ccc(C(=O)O)cc2)c(Cl)c1)c1nc2ccccc2[nH]1. The average Bonchev–Trinajstić information content (AvgIpc) is 3.21. The Bertz CT molecular complexity index is 1330. The second-order valence-electron chi connectivity index (χ2n) is 6.88. The van der Waals surface area contributed by atoms with E-state index in [9.17, 15) is 10.1 Å². The molecule has 8 heteroatoms.